The van der Waals surface area contributed by atoms with Crippen LogP contribution in [0.1, 0.15) is 36.4 Å². The van der Waals surface area contributed by atoms with Gasteiger partial charge in [0, 0.05) is 13.0 Å². The van der Waals surface area contributed by atoms with Gasteiger partial charge in [0.05, 0.1) is 6.04 Å². The van der Waals surface area contributed by atoms with Crippen molar-refractivity contribution in [2.45, 2.75) is 31.7 Å². The highest BCUT2D eigenvalue weighted by Gasteiger charge is 2.23. The van der Waals surface area contributed by atoms with E-state index in [-0.39, 0.29) is 23.4 Å². The van der Waals surface area contributed by atoms with Crippen molar-refractivity contribution in [1.29, 1.82) is 0 Å². The van der Waals surface area contributed by atoms with E-state index in [0.717, 1.165) is 18.7 Å². The SMILES string of the molecule is O=C(CCc1ccc(O)c(O)c1)NCC(c1ccccc1)N1CCCC1. The number of nitrogens with one attached hydrogen (secondary N) is 1. The van der Waals surface area contributed by atoms with Gasteiger partial charge in [-0.25, -0.2) is 0 Å². The smallest absolute Gasteiger partial charge is 0.220 e. The summed E-state index contributed by atoms with van der Waals surface area (Å²) in [7, 11) is 0. The number of rotatable bonds is 7. The van der Waals surface area contributed by atoms with E-state index >= 15 is 0 Å². The molecule has 1 amide bonds. The summed E-state index contributed by atoms with van der Waals surface area (Å²) in [6.45, 7) is 2.74. The third kappa shape index (κ3) is 4.76. The van der Waals surface area contributed by atoms with E-state index in [2.05, 4.69) is 22.3 Å². The fourth-order valence-corrected chi connectivity index (χ4v) is 3.47. The molecule has 5 heteroatoms. The molecule has 0 radical (unpaired) electrons. The number of aromatic hydroxyl groups is 2. The second kappa shape index (κ2) is 8.72. The van der Waals surface area contributed by atoms with Gasteiger partial charge < -0.3 is 15.5 Å². The predicted octanol–water partition coefficient (Wildman–Crippen LogP) is 2.98. The lowest BCUT2D eigenvalue weighted by molar-refractivity contribution is -0.121. The molecule has 0 bridgehead atoms. The summed E-state index contributed by atoms with van der Waals surface area (Å²) >= 11 is 0. The number of carbonyl (C=O) groups is 1. The van der Waals surface area contributed by atoms with E-state index in [9.17, 15) is 15.0 Å². The van der Waals surface area contributed by atoms with Gasteiger partial charge in [0.1, 0.15) is 0 Å². The maximum absolute atomic E-state index is 12.3. The van der Waals surface area contributed by atoms with Gasteiger partial charge in [-0.3, -0.25) is 9.69 Å². The Balaban J connectivity index is 1.54. The van der Waals surface area contributed by atoms with Gasteiger partial charge in [-0.15, -0.1) is 0 Å². The zero-order valence-corrected chi connectivity index (χ0v) is 14.9. The highest BCUT2D eigenvalue weighted by molar-refractivity contribution is 5.76. The van der Waals surface area contributed by atoms with Gasteiger partial charge in [-0.2, -0.15) is 0 Å². The molecule has 5 nitrogen and oxygen atoms in total. The number of phenolic OH excluding ortho intramolecular Hbond substituents is 2. The average Bonchev–Trinajstić information content (AvgIpc) is 3.18. The normalized spacial score (nSPS) is 15.7. The summed E-state index contributed by atoms with van der Waals surface area (Å²) in [5.41, 5.74) is 2.06. The van der Waals surface area contributed by atoms with Crippen LogP contribution in [0.15, 0.2) is 48.5 Å². The Kier molecular flexibility index (Phi) is 6.12. The average molecular weight is 354 g/mol. The molecule has 0 spiro atoms. The monoisotopic (exact) mass is 354 g/mol. The van der Waals surface area contributed by atoms with Crippen molar-refractivity contribution in [2.24, 2.45) is 0 Å². The number of hydrogen-bond acceptors (Lipinski definition) is 4. The maximum Gasteiger partial charge on any atom is 0.220 e. The third-order valence-corrected chi connectivity index (χ3v) is 4.94. The molecule has 1 unspecified atom stereocenters. The first kappa shape index (κ1) is 18.3. The molecule has 3 rings (SSSR count). The van der Waals surface area contributed by atoms with E-state index in [1.54, 1.807) is 6.07 Å². The molecular formula is C21H26N2O3. The number of nitrogens with zero attached hydrogens (tertiary/aromatic N) is 1. The van der Waals surface area contributed by atoms with Crippen LogP contribution in [-0.2, 0) is 11.2 Å². The first-order chi connectivity index (χ1) is 12.6. The summed E-state index contributed by atoms with van der Waals surface area (Å²) in [5, 5.41) is 21.9. The number of aryl methyl sites for hydroxylation is 1. The van der Waals surface area contributed by atoms with Gasteiger partial charge in [0.15, 0.2) is 11.5 Å². The standard InChI is InChI=1S/C21H26N2O3/c24-19-10-8-16(14-20(19)25)9-11-21(26)22-15-18(23-12-4-5-13-23)17-6-2-1-3-7-17/h1-3,6-8,10,14,18,24-25H,4-5,9,11-13,15H2,(H,22,26). The summed E-state index contributed by atoms with van der Waals surface area (Å²) in [5.74, 6) is -0.298. The van der Waals surface area contributed by atoms with Gasteiger partial charge in [-0.05, 0) is 55.6 Å². The lowest BCUT2D eigenvalue weighted by Gasteiger charge is -2.28. The molecule has 3 N–H and O–H groups in total. The largest absolute Gasteiger partial charge is 0.504 e. The highest BCUT2D eigenvalue weighted by Crippen LogP contribution is 2.26. The number of hydrogen-bond donors (Lipinski definition) is 3. The summed E-state index contributed by atoms with van der Waals surface area (Å²) in [6.07, 6.45) is 3.30. The molecular weight excluding hydrogens is 328 g/mol. The number of likely N-dealkylation sites (tertiary alicyclic amines) is 1. The van der Waals surface area contributed by atoms with E-state index in [1.807, 2.05) is 18.2 Å². The molecule has 1 aliphatic rings. The predicted molar refractivity (Wildman–Crippen MR) is 101 cm³/mol. The Hall–Kier alpha value is -2.53. The van der Waals surface area contributed by atoms with Crippen molar-refractivity contribution in [3.05, 3.63) is 59.7 Å². The Morgan fingerprint density at radius 3 is 2.46 bits per heavy atom. The lowest BCUT2D eigenvalue weighted by Crippen LogP contribution is -2.36. The number of phenols is 2. The zero-order valence-electron chi connectivity index (χ0n) is 14.9. The van der Waals surface area contributed by atoms with Crippen LogP contribution in [0.5, 0.6) is 11.5 Å². The first-order valence-electron chi connectivity index (χ1n) is 9.20. The summed E-state index contributed by atoms with van der Waals surface area (Å²) in [6, 6.07) is 15.2. The fraction of sp³-hybridized carbons (Fsp3) is 0.381. The Labute approximate surface area is 154 Å². The van der Waals surface area contributed by atoms with E-state index in [1.165, 1.54) is 30.5 Å². The second-order valence-corrected chi connectivity index (χ2v) is 6.80. The van der Waals surface area contributed by atoms with Gasteiger partial charge >= 0.3 is 0 Å². The zero-order chi connectivity index (χ0) is 18.4. The summed E-state index contributed by atoms with van der Waals surface area (Å²) < 4.78 is 0. The van der Waals surface area contributed by atoms with Gasteiger partial charge in [0.2, 0.25) is 5.91 Å². The van der Waals surface area contributed by atoms with Crippen molar-refractivity contribution in [3.8, 4) is 11.5 Å². The van der Waals surface area contributed by atoms with Crippen LogP contribution in [0.4, 0.5) is 0 Å². The Bertz CT molecular complexity index is 727. The molecule has 1 atom stereocenters. The van der Waals surface area contributed by atoms with Crippen molar-refractivity contribution < 1.29 is 15.0 Å². The molecule has 0 saturated carbocycles. The van der Waals surface area contributed by atoms with Crippen LogP contribution in [0, 0.1) is 0 Å². The van der Waals surface area contributed by atoms with Crippen molar-refractivity contribution in [2.75, 3.05) is 19.6 Å². The molecule has 2 aromatic rings. The highest BCUT2D eigenvalue weighted by atomic mass is 16.3. The molecule has 1 aliphatic heterocycles. The van der Waals surface area contributed by atoms with Crippen molar-refractivity contribution >= 4 is 5.91 Å². The molecule has 138 valence electrons. The third-order valence-electron chi connectivity index (χ3n) is 4.94. The van der Waals surface area contributed by atoms with E-state index in [0.29, 0.717) is 19.4 Å². The molecule has 1 heterocycles. The first-order valence-corrected chi connectivity index (χ1v) is 9.20. The van der Waals surface area contributed by atoms with E-state index < -0.39 is 0 Å². The van der Waals surface area contributed by atoms with Crippen LogP contribution in [0.3, 0.4) is 0 Å². The van der Waals surface area contributed by atoms with Gasteiger partial charge in [-0.1, -0.05) is 36.4 Å². The Morgan fingerprint density at radius 2 is 1.77 bits per heavy atom. The molecule has 1 saturated heterocycles. The fourth-order valence-electron chi connectivity index (χ4n) is 3.47. The minimum absolute atomic E-state index is 0.00214. The number of carbonyl (C=O) groups excluding carboxylic acids is 1. The molecule has 0 aromatic heterocycles. The molecule has 0 aliphatic carbocycles. The van der Waals surface area contributed by atoms with Crippen LogP contribution < -0.4 is 5.32 Å². The number of amides is 1. The molecule has 1 fully saturated rings. The van der Waals surface area contributed by atoms with Crippen LogP contribution in [0.25, 0.3) is 0 Å². The van der Waals surface area contributed by atoms with Gasteiger partial charge in [0.25, 0.3) is 0 Å². The maximum atomic E-state index is 12.3. The summed E-state index contributed by atoms with van der Waals surface area (Å²) in [4.78, 5) is 14.7. The number of benzene rings is 2. The van der Waals surface area contributed by atoms with Crippen LogP contribution in [0.2, 0.25) is 0 Å². The van der Waals surface area contributed by atoms with Crippen LogP contribution >= 0.6 is 0 Å². The molecule has 2 aromatic carbocycles. The van der Waals surface area contributed by atoms with Crippen molar-refractivity contribution in [1.82, 2.24) is 10.2 Å². The minimum atomic E-state index is -0.152. The Morgan fingerprint density at radius 1 is 1.04 bits per heavy atom. The second-order valence-electron chi connectivity index (χ2n) is 6.80. The topological polar surface area (TPSA) is 72.8 Å². The van der Waals surface area contributed by atoms with Crippen LogP contribution in [-0.4, -0.2) is 40.7 Å². The quantitative estimate of drug-likeness (QED) is 0.669. The van der Waals surface area contributed by atoms with E-state index in [4.69, 9.17) is 0 Å². The minimum Gasteiger partial charge on any atom is -0.504 e. The lowest BCUT2D eigenvalue weighted by atomic mass is 10.1. The molecule has 26 heavy (non-hydrogen) atoms. The van der Waals surface area contributed by atoms with Crippen molar-refractivity contribution in [3.63, 3.8) is 0 Å².